The minimum atomic E-state index is 0.306. The van der Waals surface area contributed by atoms with Crippen LogP contribution in [0.5, 0.6) is 0 Å². The molecule has 0 spiro atoms. The summed E-state index contributed by atoms with van der Waals surface area (Å²) in [6.45, 7) is 9.44. The lowest BCUT2D eigenvalue weighted by molar-refractivity contribution is 0.105. The van der Waals surface area contributed by atoms with E-state index in [-0.39, 0.29) is 0 Å². The van der Waals surface area contributed by atoms with E-state index in [2.05, 4.69) is 63.0 Å². The van der Waals surface area contributed by atoms with Crippen LogP contribution < -0.4 is 4.90 Å². The maximum Gasteiger partial charge on any atom is 0.159 e. The van der Waals surface area contributed by atoms with Crippen LogP contribution in [-0.4, -0.2) is 69.6 Å². The van der Waals surface area contributed by atoms with E-state index < -0.39 is 0 Å². The maximum absolute atomic E-state index is 5.62. The molecule has 3 aromatic rings. The highest BCUT2D eigenvalue weighted by atomic mass is 16.5. The number of hydrogen-bond acceptors (Lipinski definition) is 6. The molecule has 168 valence electrons. The first-order valence-corrected chi connectivity index (χ1v) is 12.0. The first-order chi connectivity index (χ1) is 15.6. The summed E-state index contributed by atoms with van der Waals surface area (Å²) in [4.78, 5) is 14.2. The Balaban J connectivity index is 1.27. The summed E-state index contributed by atoms with van der Waals surface area (Å²) in [5.41, 5.74) is 2.84. The van der Waals surface area contributed by atoms with Gasteiger partial charge < -0.3 is 9.64 Å². The number of rotatable bonds is 4. The second-order valence-corrected chi connectivity index (χ2v) is 10.0. The van der Waals surface area contributed by atoms with E-state index in [4.69, 9.17) is 4.74 Å². The highest BCUT2D eigenvalue weighted by Gasteiger charge is 2.34. The van der Waals surface area contributed by atoms with Crippen molar-refractivity contribution in [1.29, 1.82) is 0 Å². The van der Waals surface area contributed by atoms with Crippen molar-refractivity contribution in [3.05, 3.63) is 42.4 Å². The summed E-state index contributed by atoms with van der Waals surface area (Å²) < 4.78 is 7.59. The number of hydrogen-bond donors (Lipinski definition) is 0. The van der Waals surface area contributed by atoms with Gasteiger partial charge in [-0.05, 0) is 43.2 Å². The summed E-state index contributed by atoms with van der Waals surface area (Å²) in [6, 6.07) is 9.92. The Labute approximate surface area is 189 Å². The zero-order chi connectivity index (χ0) is 21.7. The van der Waals surface area contributed by atoms with Crippen molar-refractivity contribution in [2.45, 2.75) is 57.0 Å². The van der Waals surface area contributed by atoms with Crippen molar-refractivity contribution >= 4 is 16.7 Å². The fourth-order valence-corrected chi connectivity index (χ4v) is 5.70. The summed E-state index contributed by atoms with van der Waals surface area (Å²) in [5.74, 6) is 1.81. The van der Waals surface area contributed by atoms with E-state index in [1.807, 2.05) is 10.9 Å². The quantitative estimate of drug-likeness (QED) is 0.628. The molecule has 0 N–H and O–H groups in total. The lowest BCUT2D eigenvalue weighted by atomic mass is 9.66. The Hall–Kier alpha value is -2.51. The van der Waals surface area contributed by atoms with Gasteiger partial charge in [-0.3, -0.25) is 4.90 Å². The SMILES string of the molecule is C[C@H]1CN(c2cc(-n3ncc4ccc(C5(C)CCC5)cc43)ncn2)CCN1C1CCOC1. The van der Waals surface area contributed by atoms with Gasteiger partial charge in [-0.2, -0.15) is 5.10 Å². The van der Waals surface area contributed by atoms with Crippen LogP contribution in [0, 0.1) is 0 Å². The number of ether oxygens (including phenoxy) is 1. The van der Waals surface area contributed by atoms with Crippen molar-refractivity contribution in [2.24, 2.45) is 0 Å². The van der Waals surface area contributed by atoms with Crippen molar-refractivity contribution in [3.63, 3.8) is 0 Å². The van der Waals surface area contributed by atoms with Gasteiger partial charge in [0, 0.05) is 49.8 Å². The molecule has 2 saturated heterocycles. The van der Waals surface area contributed by atoms with E-state index in [0.29, 0.717) is 17.5 Å². The largest absolute Gasteiger partial charge is 0.380 e. The van der Waals surface area contributed by atoms with Crippen molar-refractivity contribution in [2.75, 3.05) is 37.7 Å². The van der Waals surface area contributed by atoms with Crippen LogP contribution in [0.15, 0.2) is 36.8 Å². The summed E-state index contributed by atoms with van der Waals surface area (Å²) in [5, 5.41) is 5.83. The van der Waals surface area contributed by atoms with Crippen LogP contribution in [0.2, 0.25) is 0 Å². The Bertz CT molecular complexity index is 1120. The maximum atomic E-state index is 5.62. The van der Waals surface area contributed by atoms with Crippen molar-refractivity contribution < 1.29 is 4.74 Å². The molecule has 1 unspecified atom stereocenters. The van der Waals surface area contributed by atoms with E-state index in [9.17, 15) is 0 Å². The summed E-state index contributed by atoms with van der Waals surface area (Å²) in [6.07, 6.45) is 8.62. The van der Waals surface area contributed by atoms with Crippen LogP contribution in [0.25, 0.3) is 16.7 Å². The fourth-order valence-electron chi connectivity index (χ4n) is 5.70. The minimum Gasteiger partial charge on any atom is -0.380 e. The van der Waals surface area contributed by atoms with Crippen molar-refractivity contribution in [3.8, 4) is 5.82 Å². The lowest BCUT2D eigenvalue weighted by Gasteiger charge is -2.43. The molecule has 1 saturated carbocycles. The van der Waals surface area contributed by atoms with Gasteiger partial charge in [0.2, 0.25) is 0 Å². The van der Waals surface area contributed by atoms with E-state index in [1.54, 1.807) is 6.33 Å². The van der Waals surface area contributed by atoms with Crippen molar-refractivity contribution in [1.82, 2.24) is 24.6 Å². The normalized spacial score (nSPS) is 25.9. The molecule has 7 heteroatoms. The van der Waals surface area contributed by atoms with Gasteiger partial charge in [0.1, 0.15) is 12.1 Å². The Kier molecular flexibility index (Phi) is 4.91. The first kappa shape index (κ1) is 20.1. The minimum absolute atomic E-state index is 0.306. The number of nitrogens with zero attached hydrogens (tertiary/aromatic N) is 6. The van der Waals surface area contributed by atoms with Gasteiger partial charge >= 0.3 is 0 Å². The zero-order valence-electron chi connectivity index (χ0n) is 19.1. The zero-order valence-corrected chi connectivity index (χ0v) is 19.1. The van der Waals surface area contributed by atoms with E-state index in [1.165, 1.54) is 24.8 Å². The molecule has 32 heavy (non-hydrogen) atoms. The number of anilines is 1. The van der Waals surface area contributed by atoms with Crippen LogP contribution in [0.4, 0.5) is 5.82 Å². The highest BCUT2D eigenvalue weighted by molar-refractivity contribution is 5.81. The molecule has 0 radical (unpaired) electrons. The molecule has 3 aliphatic rings. The molecule has 0 bridgehead atoms. The van der Waals surface area contributed by atoms with Crippen LogP contribution in [-0.2, 0) is 10.2 Å². The fraction of sp³-hybridized carbons (Fsp3) is 0.560. The Morgan fingerprint density at radius 3 is 2.72 bits per heavy atom. The molecule has 0 amide bonds. The molecule has 3 fully saturated rings. The van der Waals surface area contributed by atoms with Gasteiger partial charge in [-0.15, -0.1) is 0 Å². The molecular weight excluding hydrogens is 400 g/mol. The number of piperazine rings is 1. The van der Waals surface area contributed by atoms with Gasteiger partial charge in [-0.25, -0.2) is 14.6 Å². The van der Waals surface area contributed by atoms with Gasteiger partial charge in [0.25, 0.3) is 0 Å². The standard InChI is InChI=1S/C25H32N6O/c1-18-15-29(9-10-30(18)21-6-11-32-16-21)23-13-24(27-17-26-23)31-22-12-20(25(2)7-3-8-25)5-4-19(22)14-28-31/h4-5,12-14,17-18,21H,3,6-11,15-16H2,1-2H3/t18-,21?/m0/s1. The van der Waals surface area contributed by atoms with Crippen LogP contribution >= 0.6 is 0 Å². The molecule has 1 aliphatic carbocycles. The highest BCUT2D eigenvalue weighted by Crippen LogP contribution is 2.43. The van der Waals surface area contributed by atoms with Gasteiger partial charge in [0.15, 0.2) is 5.82 Å². The third-order valence-corrected chi connectivity index (χ3v) is 7.96. The number of aromatic nitrogens is 4. The molecular formula is C25H32N6O. The summed E-state index contributed by atoms with van der Waals surface area (Å²) >= 11 is 0. The predicted molar refractivity (Wildman–Crippen MR) is 125 cm³/mol. The van der Waals surface area contributed by atoms with Gasteiger partial charge in [-0.1, -0.05) is 25.5 Å². The number of benzene rings is 1. The van der Waals surface area contributed by atoms with Gasteiger partial charge in [0.05, 0.1) is 18.3 Å². The second kappa shape index (κ2) is 7.81. The lowest BCUT2D eigenvalue weighted by Crippen LogP contribution is -2.55. The third kappa shape index (κ3) is 3.39. The monoisotopic (exact) mass is 432 g/mol. The first-order valence-electron chi connectivity index (χ1n) is 12.0. The average molecular weight is 433 g/mol. The third-order valence-electron chi connectivity index (χ3n) is 7.96. The average Bonchev–Trinajstić information content (AvgIpc) is 3.47. The molecule has 6 rings (SSSR count). The molecule has 2 aromatic heterocycles. The van der Waals surface area contributed by atoms with Crippen LogP contribution in [0.3, 0.4) is 0 Å². The summed E-state index contributed by atoms with van der Waals surface area (Å²) in [7, 11) is 0. The van der Waals surface area contributed by atoms with E-state index in [0.717, 1.165) is 61.8 Å². The predicted octanol–water partition coefficient (Wildman–Crippen LogP) is 3.56. The Morgan fingerprint density at radius 2 is 1.97 bits per heavy atom. The Morgan fingerprint density at radius 1 is 1.09 bits per heavy atom. The molecule has 2 atom stereocenters. The molecule has 2 aliphatic heterocycles. The number of fused-ring (bicyclic) bond motifs is 1. The topological polar surface area (TPSA) is 59.3 Å². The molecule has 7 nitrogen and oxygen atoms in total. The smallest absolute Gasteiger partial charge is 0.159 e. The molecule has 4 heterocycles. The second-order valence-electron chi connectivity index (χ2n) is 10.0. The van der Waals surface area contributed by atoms with E-state index >= 15 is 0 Å². The molecule has 1 aromatic carbocycles. The van der Waals surface area contributed by atoms with Crippen LogP contribution in [0.1, 0.15) is 45.1 Å².